The van der Waals surface area contributed by atoms with Gasteiger partial charge in [-0.05, 0) is 67.5 Å². The SMILES string of the molecule is CON1C(C)(C)CC(OC(=O)c2ccccc2C(=O)OC2CC(C)(C)N(OC)C(C)(C)C2)CC1(C)C. The molecule has 2 fully saturated rings. The topological polar surface area (TPSA) is 77.5 Å². The molecule has 0 aromatic heterocycles. The molecule has 3 rings (SSSR count). The number of carbonyl (C=O) groups is 2. The second-order valence-corrected chi connectivity index (χ2v) is 12.6. The lowest BCUT2D eigenvalue weighted by Gasteiger charge is -2.52. The molecule has 1 aromatic carbocycles. The fourth-order valence-corrected chi connectivity index (χ4v) is 6.77. The molecule has 0 saturated carbocycles. The highest BCUT2D eigenvalue weighted by Gasteiger charge is 2.49. The lowest BCUT2D eigenvalue weighted by atomic mass is 9.80. The van der Waals surface area contributed by atoms with Gasteiger partial charge in [0.05, 0.1) is 25.3 Å². The number of nitrogens with zero attached hydrogens (tertiary/aromatic N) is 2. The van der Waals surface area contributed by atoms with Gasteiger partial charge < -0.3 is 19.1 Å². The fraction of sp³-hybridized carbons (Fsp3) is 0.714. The molecule has 8 nitrogen and oxygen atoms in total. The highest BCUT2D eigenvalue weighted by atomic mass is 16.7. The standard InChI is InChI=1S/C28H44N2O6/c1-25(2)15-19(16-26(3,4)29(25)33-9)35-23(31)21-13-11-12-14-22(21)24(32)36-20-17-27(5,6)30(34-10)28(7,8)18-20/h11-14,19-20H,15-18H2,1-10H3. The molecule has 2 aliphatic rings. The van der Waals surface area contributed by atoms with Gasteiger partial charge in [0.15, 0.2) is 0 Å². The summed E-state index contributed by atoms with van der Waals surface area (Å²) in [6, 6.07) is 6.72. The van der Waals surface area contributed by atoms with Crippen molar-refractivity contribution in [3.8, 4) is 0 Å². The van der Waals surface area contributed by atoms with E-state index >= 15 is 0 Å². The molecule has 0 atom stereocenters. The minimum absolute atomic E-state index is 0.222. The van der Waals surface area contributed by atoms with E-state index in [9.17, 15) is 9.59 Å². The molecule has 202 valence electrons. The van der Waals surface area contributed by atoms with Crippen LogP contribution in [0, 0.1) is 0 Å². The van der Waals surface area contributed by atoms with E-state index in [-0.39, 0.29) is 45.5 Å². The van der Waals surface area contributed by atoms with Crippen molar-refractivity contribution in [3.63, 3.8) is 0 Å². The van der Waals surface area contributed by atoms with Gasteiger partial charge in [-0.3, -0.25) is 0 Å². The van der Waals surface area contributed by atoms with Crippen LogP contribution in [0.5, 0.6) is 0 Å². The Hall–Kier alpha value is -2.00. The second kappa shape index (κ2) is 10.0. The van der Waals surface area contributed by atoms with Crippen LogP contribution in [0.15, 0.2) is 24.3 Å². The average Bonchev–Trinajstić information content (AvgIpc) is 2.70. The molecule has 2 heterocycles. The van der Waals surface area contributed by atoms with E-state index in [2.05, 4.69) is 55.4 Å². The minimum atomic E-state index is -0.514. The predicted octanol–water partition coefficient (Wildman–Crippen LogP) is 5.17. The number of rotatable bonds is 6. The molecule has 1 aromatic rings. The Morgan fingerprint density at radius 1 is 0.639 bits per heavy atom. The quantitative estimate of drug-likeness (QED) is 0.491. The Labute approximate surface area is 216 Å². The Kier molecular flexibility index (Phi) is 7.97. The molecule has 0 spiro atoms. The van der Waals surface area contributed by atoms with E-state index < -0.39 is 11.9 Å². The highest BCUT2D eigenvalue weighted by molar-refractivity contribution is 6.03. The summed E-state index contributed by atoms with van der Waals surface area (Å²) in [5.74, 6) is -1.03. The minimum Gasteiger partial charge on any atom is -0.459 e. The summed E-state index contributed by atoms with van der Waals surface area (Å²) in [5, 5.41) is 3.93. The van der Waals surface area contributed by atoms with Crippen molar-refractivity contribution in [2.45, 2.75) is 115 Å². The van der Waals surface area contributed by atoms with E-state index in [4.69, 9.17) is 19.1 Å². The zero-order valence-electron chi connectivity index (χ0n) is 23.6. The summed E-state index contributed by atoms with van der Waals surface area (Å²) >= 11 is 0. The van der Waals surface area contributed by atoms with Crippen LogP contribution >= 0.6 is 0 Å². The van der Waals surface area contributed by atoms with E-state index in [1.165, 1.54) is 0 Å². The van der Waals surface area contributed by atoms with Crippen LogP contribution in [0.3, 0.4) is 0 Å². The Bertz CT molecular complexity index is 858. The zero-order valence-corrected chi connectivity index (χ0v) is 23.6. The summed E-state index contributed by atoms with van der Waals surface area (Å²) < 4.78 is 11.9. The Balaban J connectivity index is 1.76. The lowest BCUT2D eigenvalue weighted by molar-refractivity contribution is -0.276. The van der Waals surface area contributed by atoms with Gasteiger partial charge >= 0.3 is 11.9 Å². The van der Waals surface area contributed by atoms with Gasteiger partial charge in [-0.2, -0.15) is 10.1 Å². The normalized spacial score (nSPS) is 24.3. The third-order valence-corrected chi connectivity index (χ3v) is 7.39. The van der Waals surface area contributed by atoms with Crippen LogP contribution in [0.4, 0.5) is 0 Å². The van der Waals surface area contributed by atoms with Gasteiger partial charge in [-0.25, -0.2) is 9.59 Å². The van der Waals surface area contributed by atoms with Crippen molar-refractivity contribution < 1.29 is 28.7 Å². The summed E-state index contributed by atoms with van der Waals surface area (Å²) in [6.45, 7) is 16.6. The molecule has 2 aliphatic heterocycles. The van der Waals surface area contributed by atoms with Gasteiger partial charge in [0.25, 0.3) is 0 Å². The number of piperidine rings is 2. The fourth-order valence-electron chi connectivity index (χ4n) is 6.77. The van der Waals surface area contributed by atoms with Crippen molar-refractivity contribution in [2.75, 3.05) is 14.2 Å². The molecule has 0 bridgehead atoms. The Morgan fingerprint density at radius 3 is 1.17 bits per heavy atom. The number of ether oxygens (including phenoxy) is 2. The molecule has 0 radical (unpaired) electrons. The number of hydroxylamine groups is 4. The maximum absolute atomic E-state index is 13.3. The summed E-state index contributed by atoms with van der Waals surface area (Å²) in [6.07, 6.45) is 1.85. The lowest BCUT2D eigenvalue weighted by Crippen LogP contribution is -2.61. The van der Waals surface area contributed by atoms with Crippen molar-refractivity contribution in [3.05, 3.63) is 35.4 Å². The average molecular weight is 505 g/mol. The molecule has 0 N–H and O–H groups in total. The number of benzene rings is 1. The molecule has 0 aliphatic carbocycles. The molecule has 36 heavy (non-hydrogen) atoms. The van der Waals surface area contributed by atoms with E-state index in [1.807, 2.05) is 10.1 Å². The van der Waals surface area contributed by atoms with Crippen molar-refractivity contribution in [2.24, 2.45) is 0 Å². The number of hydrogen-bond donors (Lipinski definition) is 0. The monoisotopic (exact) mass is 504 g/mol. The molecular formula is C28H44N2O6. The molecule has 0 unspecified atom stereocenters. The summed E-state index contributed by atoms with van der Waals surface area (Å²) in [7, 11) is 3.33. The van der Waals surface area contributed by atoms with Crippen LogP contribution in [0.2, 0.25) is 0 Å². The third-order valence-electron chi connectivity index (χ3n) is 7.39. The van der Waals surface area contributed by atoms with E-state index in [0.717, 1.165) is 0 Å². The van der Waals surface area contributed by atoms with Crippen LogP contribution in [0.25, 0.3) is 0 Å². The molecule has 0 amide bonds. The molecule has 8 heteroatoms. The van der Waals surface area contributed by atoms with Crippen molar-refractivity contribution >= 4 is 11.9 Å². The van der Waals surface area contributed by atoms with Crippen molar-refractivity contribution in [1.29, 1.82) is 0 Å². The van der Waals surface area contributed by atoms with Crippen LogP contribution in [0.1, 0.15) is 102 Å². The van der Waals surface area contributed by atoms with Crippen molar-refractivity contribution in [1.82, 2.24) is 10.1 Å². The zero-order chi connectivity index (χ0) is 27.1. The first-order chi connectivity index (χ1) is 16.5. The first-order valence-electron chi connectivity index (χ1n) is 12.7. The van der Waals surface area contributed by atoms with Gasteiger partial charge in [0.1, 0.15) is 12.2 Å². The van der Waals surface area contributed by atoms with Crippen LogP contribution in [-0.2, 0) is 19.1 Å². The molecule has 2 saturated heterocycles. The predicted molar refractivity (Wildman–Crippen MR) is 137 cm³/mol. The van der Waals surface area contributed by atoms with Crippen LogP contribution < -0.4 is 0 Å². The van der Waals surface area contributed by atoms with Gasteiger partial charge in [0, 0.05) is 47.8 Å². The van der Waals surface area contributed by atoms with Gasteiger partial charge in [-0.15, -0.1) is 0 Å². The first kappa shape index (κ1) is 28.6. The van der Waals surface area contributed by atoms with E-state index in [1.54, 1.807) is 38.5 Å². The number of esters is 2. The highest BCUT2D eigenvalue weighted by Crippen LogP contribution is 2.41. The maximum atomic E-state index is 13.3. The first-order valence-corrected chi connectivity index (χ1v) is 12.7. The molecular weight excluding hydrogens is 460 g/mol. The maximum Gasteiger partial charge on any atom is 0.339 e. The smallest absolute Gasteiger partial charge is 0.339 e. The second-order valence-electron chi connectivity index (χ2n) is 12.6. The number of carbonyl (C=O) groups excluding carboxylic acids is 2. The summed E-state index contributed by atoms with van der Waals surface area (Å²) in [5.41, 5.74) is -0.847. The Morgan fingerprint density at radius 2 is 0.917 bits per heavy atom. The van der Waals surface area contributed by atoms with Gasteiger partial charge in [0.2, 0.25) is 0 Å². The third kappa shape index (κ3) is 5.77. The summed E-state index contributed by atoms with van der Waals surface area (Å²) in [4.78, 5) is 37.9. The van der Waals surface area contributed by atoms with Crippen LogP contribution in [-0.4, -0.2) is 70.6 Å². The van der Waals surface area contributed by atoms with Gasteiger partial charge in [-0.1, -0.05) is 12.1 Å². The van der Waals surface area contributed by atoms with E-state index in [0.29, 0.717) is 25.7 Å². The largest absolute Gasteiger partial charge is 0.459 e. The number of hydrogen-bond acceptors (Lipinski definition) is 8.